The van der Waals surface area contributed by atoms with Gasteiger partial charge in [-0.05, 0) is 37.6 Å². The lowest BCUT2D eigenvalue weighted by atomic mass is 10.0. The molecular formula is C14H23N3. The van der Waals surface area contributed by atoms with Crippen molar-refractivity contribution in [1.29, 1.82) is 0 Å². The molecule has 1 aromatic carbocycles. The molecule has 2 rings (SSSR count). The van der Waals surface area contributed by atoms with E-state index in [0.29, 0.717) is 0 Å². The molecule has 1 heterocycles. The maximum Gasteiger partial charge on any atom is 0.0349 e. The molecule has 1 saturated heterocycles. The highest BCUT2D eigenvalue weighted by Crippen LogP contribution is 2.17. The van der Waals surface area contributed by atoms with Crippen LogP contribution in [-0.2, 0) is 6.42 Å². The van der Waals surface area contributed by atoms with Gasteiger partial charge in [0.25, 0.3) is 0 Å². The second-order valence-corrected chi connectivity index (χ2v) is 5.04. The summed E-state index contributed by atoms with van der Waals surface area (Å²) in [6, 6.07) is 6.19. The van der Waals surface area contributed by atoms with Crippen LogP contribution in [0.2, 0.25) is 0 Å². The molecule has 1 aliphatic heterocycles. The van der Waals surface area contributed by atoms with Gasteiger partial charge in [-0.25, -0.2) is 0 Å². The molecule has 1 aliphatic rings. The van der Waals surface area contributed by atoms with Crippen LogP contribution >= 0.6 is 0 Å². The van der Waals surface area contributed by atoms with Gasteiger partial charge < -0.3 is 15.5 Å². The van der Waals surface area contributed by atoms with E-state index in [4.69, 9.17) is 5.73 Å². The Bertz CT molecular complexity index is 347. The van der Waals surface area contributed by atoms with Gasteiger partial charge in [-0.3, -0.25) is 0 Å². The standard InChI is InChI=1S/C14H23N3/c1-12-4-3-5-14(15)13(12)6-7-17-10-8-16(2)9-11-17/h3-5H,6-11,15H2,1-2H3. The fourth-order valence-corrected chi connectivity index (χ4v) is 2.41. The van der Waals surface area contributed by atoms with Gasteiger partial charge in [0.2, 0.25) is 0 Å². The average Bonchev–Trinajstić information content (AvgIpc) is 2.31. The van der Waals surface area contributed by atoms with Gasteiger partial charge in [-0.2, -0.15) is 0 Å². The summed E-state index contributed by atoms with van der Waals surface area (Å²) < 4.78 is 0. The van der Waals surface area contributed by atoms with Crippen LogP contribution in [0.1, 0.15) is 11.1 Å². The van der Waals surface area contributed by atoms with Crippen molar-refractivity contribution in [2.45, 2.75) is 13.3 Å². The van der Waals surface area contributed by atoms with Gasteiger partial charge in [0.05, 0.1) is 0 Å². The minimum absolute atomic E-state index is 0.944. The van der Waals surface area contributed by atoms with E-state index < -0.39 is 0 Å². The molecule has 2 N–H and O–H groups in total. The summed E-state index contributed by atoms with van der Waals surface area (Å²) in [6.07, 6.45) is 1.07. The van der Waals surface area contributed by atoms with Crippen molar-refractivity contribution < 1.29 is 0 Å². The van der Waals surface area contributed by atoms with E-state index in [9.17, 15) is 0 Å². The average molecular weight is 233 g/mol. The van der Waals surface area contributed by atoms with Gasteiger partial charge in [0, 0.05) is 38.4 Å². The molecule has 3 nitrogen and oxygen atoms in total. The van der Waals surface area contributed by atoms with E-state index in [0.717, 1.165) is 18.7 Å². The fraction of sp³-hybridized carbons (Fsp3) is 0.571. The Morgan fingerprint density at radius 2 is 1.88 bits per heavy atom. The molecule has 0 spiro atoms. The zero-order valence-electron chi connectivity index (χ0n) is 10.9. The van der Waals surface area contributed by atoms with Crippen molar-refractivity contribution in [3.05, 3.63) is 29.3 Å². The predicted molar refractivity (Wildman–Crippen MR) is 73.2 cm³/mol. The second kappa shape index (κ2) is 5.52. The Morgan fingerprint density at radius 1 is 1.18 bits per heavy atom. The quantitative estimate of drug-likeness (QED) is 0.800. The summed E-state index contributed by atoms with van der Waals surface area (Å²) in [5.41, 5.74) is 9.62. The van der Waals surface area contributed by atoms with Crippen LogP contribution in [0.4, 0.5) is 5.69 Å². The number of aryl methyl sites for hydroxylation is 1. The first kappa shape index (κ1) is 12.4. The molecule has 3 heteroatoms. The van der Waals surface area contributed by atoms with Crippen LogP contribution in [0.5, 0.6) is 0 Å². The molecule has 0 aromatic heterocycles. The van der Waals surface area contributed by atoms with E-state index in [1.54, 1.807) is 0 Å². The Balaban J connectivity index is 1.89. The number of benzene rings is 1. The third-order valence-electron chi connectivity index (χ3n) is 3.72. The van der Waals surface area contributed by atoms with Crippen molar-refractivity contribution in [2.75, 3.05) is 45.5 Å². The molecule has 0 atom stereocenters. The summed E-state index contributed by atoms with van der Waals surface area (Å²) in [6.45, 7) is 8.01. The Morgan fingerprint density at radius 3 is 2.53 bits per heavy atom. The number of nitrogens with two attached hydrogens (primary N) is 1. The predicted octanol–water partition coefficient (Wildman–Crippen LogP) is 1.37. The van der Waals surface area contributed by atoms with E-state index in [2.05, 4.69) is 29.8 Å². The second-order valence-electron chi connectivity index (χ2n) is 5.04. The number of rotatable bonds is 3. The topological polar surface area (TPSA) is 32.5 Å². The number of hydrogen-bond acceptors (Lipinski definition) is 3. The number of anilines is 1. The number of hydrogen-bond donors (Lipinski definition) is 1. The normalized spacial score (nSPS) is 18.5. The van der Waals surface area contributed by atoms with E-state index in [1.165, 1.54) is 37.3 Å². The lowest BCUT2D eigenvalue weighted by Gasteiger charge is -2.32. The van der Waals surface area contributed by atoms with Crippen LogP contribution in [0.15, 0.2) is 18.2 Å². The zero-order chi connectivity index (χ0) is 12.3. The highest BCUT2D eigenvalue weighted by molar-refractivity contribution is 5.50. The molecule has 0 unspecified atom stereocenters. The van der Waals surface area contributed by atoms with Crippen LogP contribution in [0.3, 0.4) is 0 Å². The summed E-state index contributed by atoms with van der Waals surface area (Å²) in [7, 11) is 2.19. The third-order valence-corrected chi connectivity index (χ3v) is 3.72. The largest absolute Gasteiger partial charge is 0.398 e. The third kappa shape index (κ3) is 3.20. The van der Waals surface area contributed by atoms with E-state index in [1.807, 2.05) is 12.1 Å². The lowest BCUT2D eigenvalue weighted by molar-refractivity contribution is 0.155. The van der Waals surface area contributed by atoms with E-state index in [-0.39, 0.29) is 0 Å². The molecule has 0 aliphatic carbocycles. The summed E-state index contributed by atoms with van der Waals surface area (Å²) in [4.78, 5) is 4.92. The Kier molecular flexibility index (Phi) is 4.02. The van der Waals surface area contributed by atoms with Crippen molar-refractivity contribution in [2.24, 2.45) is 0 Å². The number of nitrogens with zero attached hydrogens (tertiary/aromatic N) is 2. The first-order chi connectivity index (χ1) is 8.16. The molecule has 1 fully saturated rings. The van der Waals surface area contributed by atoms with Crippen molar-refractivity contribution >= 4 is 5.69 Å². The van der Waals surface area contributed by atoms with E-state index >= 15 is 0 Å². The zero-order valence-corrected chi connectivity index (χ0v) is 10.9. The molecular weight excluding hydrogens is 210 g/mol. The molecule has 0 saturated carbocycles. The van der Waals surface area contributed by atoms with Gasteiger partial charge in [-0.1, -0.05) is 12.1 Å². The fourth-order valence-electron chi connectivity index (χ4n) is 2.41. The molecule has 0 radical (unpaired) electrons. The van der Waals surface area contributed by atoms with Crippen molar-refractivity contribution in [1.82, 2.24) is 9.80 Å². The van der Waals surface area contributed by atoms with Crippen LogP contribution in [-0.4, -0.2) is 49.6 Å². The minimum atomic E-state index is 0.944. The number of piperazine rings is 1. The van der Waals surface area contributed by atoms with Crippen LogP contribution < -0.4 is 5.73 Å². The van der Waals surface area contributed by atoms with Gasteiger partial charge in [-0.15, -0.1) is 0 Å². The highest BCUT2D eigenvalue weighted by atomic mass is 15.2. The molecule has 17 heavy (non-hydrogen) atoms. The maximum atomic E-state index is 6.03. The Labute approximate surface area is 104 Å². The lowest BCUT2D eigenvalue weighted by Crippen LogP contribution is -2.45. The first-order valence-corrected chi connectivity index (χ1v) is 6.41. The number of nitrogen functional groups attached to an aromatic ring is 1. The van der Waals surface area contributed by atoms with Crippen LogP contribution in [0, 0.1) is 6.92 Å². The summed E-state index contributed by atoms with van der Waals surface area (Å²) in [5, 5.41) is 0. The molecule has 1 aromatic rings. The molecule has 0 amide bonds. The summed E-state index contributed by atoms with van der Waals surface area (Å²) >= 11 is 0. The van der Waals surface area contributed by atoms with Gasteiger partial charge >= 0.3 is 0 Å². The summed E-state index contributed by atoms with van der Waals surface area (Å²) in [5.74, 6) is 0. The minimum Gasteiger partial charge on any atom is -0.398 e. The smallest absolute Gasteiger partial charge is 0.0349 e. The first-order valence-electron chi connectivity index (χ1n) is 6.41. The highest BCUT2D eigenvalue weighted by Gasteiger charge is 2.14. The Hall–Kier alpha value is -1.06. The molecule has 94 valence electrons. The van der Waals surface area contributed by atoms with Crippen molar-refractivity contribution in [3.8, 4) is 0 Å². The SMILES string of the molecule is Cc1cccc(N)c1CCN1CCN(C)CC1. The van der Waals surface area contributed by atoms with Gasteiger partial charge in [0.15, 0.2) is 0 Å². The van der Waals surface area contributed by atoms with Gasteiger partial charge in [0.1, 0.15) is 0 Å². The van der Waals surface area contributed by atoms with Crippen molar-refractivity contribution in [3.63, 3.8) is 0 Å². The number of likely N-dealkylation sites (N-methyl/N-ethyl adjacent to an activating group) is 1. The molecule has 0 bridgehead atoms. The van der Waals surface area contributed by atoms with Crippen LogP contribution in [0.25, 0.3) is 0 Å². The maximum absolute atomic E-state index is 6.03. The monoisotopic (exact) mass is 233 g/mol.